The molecule has 130 valence electrons. The minimum Gasteiger partial charge on any atom is -0.294 e. The van der Waals surface area contributed by atoms with Crippen LogP contribution in [0.5, 0.6) is 0 Å². The summed E-state index contributed by atoms with van der Waals surface area (Å²) in [5.74, 6) is 0.168. The van der Waals surface area contributed by atoms with E-state index in [2.05, 4.69) is 75.7 Å². The standard InChI is InChI=1S/C22H28OSi2/c1-15(23)16-13-10-14-19-20(16)22(25(5,6)7)18-12-9-8-11-17(18)21(19)24(2,3)4/h8-14H,1-7H3. The third-order valence-electron chi connectivity index (χ3n) is 4.93. The third kappa shape index (κ3) is 3.00. The highest BCUT2D eigenvalue weighted by Crippen LogP contribution is 2.28. The van der Waals surface area contributed by atoms with Crippen LogP contribution in [0.1, 0.15) is 17.3 Å². The molecule has 0 saturated heterocycles. The van der Waals surface area contributed by atoms with Gasteiger partial charge in [-0.25, -0.2) is 0 Å². The molecule has 1 nitrogen and oxygen atoms in total. The van der Waals surface area contributed by atoms with E-state index >= 15 is 0 Å². The van der Waals surface area contributed by atoms with Gasteiger partial charge in [0.05, 0.1) is 16.1 Å². The van der Waals surface area contributed by atoms with Gasteiger partial charge in [0, 0.05) is 5.56 Å². The number of Topliss-reactive ketones (excluding diaryl/α,β-unsaturated/α-hetero) is 1. The van der Waals surface area contributed by atoms with Crippen molar-refractivity contribution < 1.29 is 4.79 Å². The first-order valence-electron chi connectivity index (χ1n) is 9.03. The zero-order chi connectivity index (χ0) is 18.6. The van der Waals surface area contributed by atoms with Crippen molar-refractivity contribution in [1.82, 2.24) is 0 Å². The molecule has 0 unspecified atom stereocenters. The largest absolute Gasteiger partial charge is 0.294 e. The van der Waals surface area contributed by atoms with Crippen molar-refractivity contribution in [2.45, 2.75) is 46.2 Å². The van der Waals surface area contributed by atoms with Gasteiger partial charge in [0.1, 0.15) is 0 Å². The molecule has 0 aliphatic heterocycles. The summed E-state index contributed by atoms with van der Waals surface area (Å²) >= 11 is 0. The molecule has 0 atom stereocenters. The van der Waals surface area contributed by atoms with E-state index in [0.29, 0.717) is 0 Å². The van der Waals surface area contributed by atoms with Crippen LogP contribution in [0, 0.1) is 0 Å². The Morgan fingerprint density at radius 2 is 1.16 bits per heavy atom. The van der Waals surface area contributed by atoms with Gasteiger partial charge in [-0.05, 0) is 38.8 Å². The third-order valence-corrected chi connectivity index (χ3v) is 8.99. The number of fused-ring (bicyclic) bond motifs is 2. The Labute approximate surface area is 153 Å². The molecular weight excluding hydrogens is 336 g/mol. The van der Waals surface area contributed by atoms with Gasteiger partial charge in [0.15, 0.2) is 5.78 Å². The first kappa shape index (κ1) is 18.1. The second kappa shape index (κ2) is 5.92. The van der Waals surface area contributed by atoms with Crippen LogP contribution in [0.3, 0.4) is 0 Å². The SMILES string of the molecule is CC(=O)c1cccc2c([Si](C)(C)C)c3ccccc3c([Si](C)(C)C)c12. The van der Waals surface area contributed by atoms with Crippen molar-refractivity contribution in [1.29, 1.82) is 0 Å². The van der Waals surface area contributed by atoms with Gasteiger partial charge in [-0.1, -0.05) is 81.7 Å². The van der Waals surface area contributed by atoms with Crippen molar-refractivity contribution >= 4 is 53.8 Å². The highest BCUT2D eigenvalue weighted by molar-refractivity contribution is 6.95. The molecule has 3 rings (SSSR count). The van der Waals surface area contributed by atoms with E-state index in [4.69, 9.17) is 0 Å². The molecule has 0 fully saturated rings. The average molecular weight is 365 g/mol. The fourth-order valence-corrected chi connectivity index (χ4v) is 8.20. The van der Waals surface area contributed by atoms with E-state index in [1.807, 2.05) is 6.07 Å². The van der Waals surface area contributed by atoms with Crippen LogP contribution < -0.4 is 10.4 Å². The minimum absolute atomic E-state index is 0.168. The van der Waals surface area contributed by atoms with Crippen molar-refractivity contribution in [3.8, 4) is 0 Å². The number of hydrogen-bond donors (Lipinski definition) is 0. The number of ketones is 1. The Hall–Kier alpha value is -1.72. The second-order valence-corrected chi connectivity index (χ2v) is 19.1. The summed E-state index contributed by atoms with van der Waals surface area (Å²) in [5, 5.41) is 8.22. The van der Waals surface area contributed by atoms with Crippen LogP contribution in [-0.2, 0) is 0 Å². The van der Waals surface area contributed by atoms with E-state index in [9.17, 15) is 4.79 Å². The molecule has 3 aromatic carbocycles. The fraction of sp³-hybridized carbons (Fsp3) is 0.318. The van der Waals surface area contributed by atoms with E-state index in [0.717, 1.165) is 5.56 Å². The smallest absolute Gasteiger partial charge is 0.160 e. The minimum atomic E-state index is -1.66. The zero-order valence-electron chi connectivity index (χ0n) is 16.4. The molecule has 0 heterocycles. The van der Waals surface area contributed by atoms with Gasteiger partial charge in [0.25, 0.3) is 0 Å². The summed E-state index contributed by atoms with van der Waals surface area (Å²) in [4.78, 5) is 12.5. The summed E-state index contributed by atoms with van der Waals surface area (Å²) in [6, 6.07) is 15.2. The number of hydrogen-bond acceptors (Lipinski definition) is 1. The van der Waals surface area contributed by atoms with Gasteiger partial charge in [-0.3, -0.25) is 4.79 Å². The van der Waals surface area contributed by atoms with Crippen molar-refractivity contribution in [2.75, 3.05) is 0 Å². The van der Waals surface area contributed by atoms with Crippen LogP contribution in [-0.4, -0.2) is 21.9 Å². The lowest BCUT2D eigenvalue weighted by Crippen LogP contribution is -2.44. The molecular formula is C22H28OSi2. The van der Waals surface area contributed by atoms with Gasteiger partial charge in [-0.2, -0.15) is 0 Å². The highest BCUT2D eigenvalue weighted by atomic mass is 28.3. The van der Waals surface area contributed by atoms with Crippen LogP contribution in [0.4, 0.5) is 0 Å². The molecule has 0 saturated carbocycles. The Kier molecular flexibility index (Phi) is 4.28. The fourth-order valence-electron chi connectivity index (χ4n) is 4.11. The maximum Gasteiger partial charge on any atom is 0.160 e. The summed E-state index contributed by atoms with van der Waals surface area (Å²) < 4.78 is 0. The number of rotatable bonds is 3. The normalized spacial score (nSPS) is 12.8. The Bertz CT molecular complexity index is 989. The zero-order valence-corrected chi connectivity index (χ0v) is 18.4. The molecule has 0 spiro atoms. The Morgan fingerprint density at radius 3 is 1.64 bits per heavy atom. The molecule has 3 heteroatoms. The van der Waals surface area contributed by atoms with Crippen molar-refractivity contribution in [3.05, 3.63) is 48.0 Å². The van der Waals surface area contributed by atoms with Crippen LogP contribution >= 0.6 is 0 Å². The predicted molar refractivity (Wildman–Crippen MR) is 117 cm³/mol. The maximum absolute atomic E-state index is 12.5. The Balaban J connectivity index is 2.75. The van der Waals surface area contributed by atoms with E-state index < -0.39 is 16.1 Å². The van der Waals surface area contributed by atoms with Gasteiger partial charge < -0.3 is 0 Å². The molecule has 0 aromatic heterocycles. The summed E-state index contributed by atoms with van der Waals surface area (Å²) in [5.41, 5.74) is 0.889. The lowest BCUT2D eigenvalue weighted by molar-refractivity contribution is 0.101. The summed E-state index contributed by atoms with van der Waals surface area (Å²) in [6.07, 6.45) is 0. The topological polar surface area (TPSA) is 17.1 Å². The first-order chi connectivity index (χ1) is 11.5. The lowest BCUT2D eigenvalue weighted by Gasteiger charge is -2.29. The molecule has 0 radical (unpaired) electrons. The van der Waals surface area contributed by atoms with Crippen LogP contribution in [0.15, 0.2) is 42.5 Å². The first-order valence-corrected chi connectivity index (χ1v) is 16.0. The van der Waals surface area contributed by atoms with Crippen molar-refractivity contribution in [3.63, 3.8) is 0 Å². The highest BCUT2D eigenvalue weighted by Gasteiger charge is 2.30. The van der Waals surface area contributed by atoms with Crippen molar-refractivity contribution in [2.24, 2.45) is 0 Å². The number of benzene rings is 3. The van der Waals surface area contributed by atoms with Crippen LogP contribution in [0.25, 0.3) is 21.5 Å². The molecule has 0 bridgehead atoms. The monoisotopic (exact) mass is 364 g/mol. The van der Waals surface area contributed by atoms with Gasteiger partial charge >= 0.3 is 0 Å². The summed E-state index contributed by atoms with van der Waals surface area (Å²) in [7, 11) is -3.26. The van der Waals surface area contributed by atoms with Gasteiger partial charge in [-0.15, -0.1) is 0 Å². The van der Waals surface area contributed by atoms with E-state index in [1.54, 1.807) is 6.92 Å². The molecule has 25 heavy (non-hydrogen) atoms. The van der Waals surface area contributed by atoms with E-state index in [1.165, 1.54) is 31.9 Å². The van der Waals surface area contributed by atoms with Gasteiger partial charge in [0.2, 0.25) is 0 Å². The lowest BCUT2D eigenvalue weighted by atomic mass is 9.97. The van der Waals surface area contributed by atoms with E-state index in [-0.39, 0.29) is 5.78 Å². The quantitative estimate of drug-likeness (QED) is 0.351. The number of carbonyl (C=O) groups excluding carboxylic acids is 1. The second-order valence-electron chi connectivity index (χ2n) is 9.08. The summed E-state index contributed by atoms with van der Waals surface area (Å²) in [6.45, 7) is 16.1. The predicted octanol–water partition coefficient (Wildman–Crippen LogP) is 5.29. The molecule has 0 aliphatic carbocycles. The number of carbonyl (C=O) groups is 1. The Morgan fingerprint density at radius 1 is 0.680 bits per heavy atom. The molecule has 0 amide bonds. The van der Waals surface area contributed by atoms with Crippen LogP contribution in [0.2, 0.25) is 39.3 Å². The molecule has 0 N–H and O–H groups in total. The maximum atomic E-state index is 12.5. The average Bonchev–Trinajstić information content (AvgIpc) is 2.49. The molecule has 0 aliphatic rings. The molecule has 3 aromatic rings.